The van der Waals surface area contributed by atoms with Crippen molar-refractivity contribution < 1.29 is 43.2 Å². The minimum Gasteiger partial charge on any atom is -0.438 e. The van der Waals surface area contributed by atoms with Gasteiger partial charge in [-0.1, -0.05) is 25.5 Å². The number of carbonyl (C=O) groups is 4. The fourth-order valence-electron chi connectivity index (χ4n) is 7.48. The van der Waals surface area contributed by atoms with Crippen molar-refractivity contribution in [2.24, 2.45) is 28.6 Å². The Morgan fingerprint density at radius 3 is 2.50 bits per heavy atom. The summed E-state index contributed by atoms with van der Waals surface area (Å²) in [5.74, 6) is -0.721. The number of ether oxygens (including phenoxy) is 4. The molecule has 186 valence electrons. The third kappa shape index (κ3) is 3.47. The number of carbonyl (C=O) groups excluding carboxylic acids is 4. The van der Waals surface area contributed by atoms with Gasteiger partial charge in [-0.3, -0.25) is 9.59 Å². The van der Waals surface area contributed by atoms with Crippen molar-refractivity contribution in [3.05, 3.63) is 23.8 Å². The number of aliphatic hydroxyl groups excluding tert-OH is 1. The maximum Gasteiger partial charge on any atom is 0.509 e. The van der Waals surface area contributed by atoms with E-state index < -0.39 is 47.2 Å². The van der Waals surface area contributed by atoms with Crippen molar-refractivity contribution in [3.8, 4) is 0 Å². The van der Waals surface area contributed by atoms with Crippen LogP contribution in [-0.2, 0) is 28.5 Å². The summed E-state index contributed by atoms with van der Waals surface area (Å²) in [5, 5.41) is 11.5. The summed E-state index contributed by atoms with van der Waals surface area (Å²) in [6.07, 6.45) is 4.87. The molecule has 1 unspecified atom stereocenters. The molecule has 0 aliphatic heterocycles. The molecule has 0 spiro atoms. The number of fused-ring (bicyclic) bond motifs is 5. The van der Waals surface area contributed by atoms with Gasteiger partial charge in [0.1, 0.15) is 0 Å². The van der Waals surface area contributed by atoms with Crippen LogP contribution in [-0.4, -0.2) is 61.5 Å². The first-order valence-corrected chi connectivity index (χ1v) is 11.7. The fraction of sp³-hybridized carbons (Fsp3) is 0.680. The third-order valence-electron chi connectivity index (χ3n) is 8.98. The zero-order valence-corrected chi connectivity index (χ0v) is 20.0. The highest BCUT2D eigenvalue weighted by Gasteiger charge is 2.70. The molecule has 0 aromatic rings. The van der Waals surface area contributed by atoms with Gasteiger partial charge in [-0.05, 0) is 56.1 Å². The number of ketones is 2. The molecule has 0 saturated heterocycles. The van der Waals surface area contributed by atoms with Gasteiger partial charge in [0.25, 0.3) is 0 Å². The monoisotopic (exact) mass is 476 g/mol. The Balaban J connectivity index is 1.71. The number of rotatable bonds is 4. The van der Waals surface area contributed by atoms with E-state index in [1.54, 1.807) is 12.2 Å². The average Bonchev–Trinajstić information content (AvgIpc) is 3.09. The van der Waals surface area contributed by atoms with Gasteiger partial charge < -0.3 is 24.1 Å². The molecule has 0 bridgehead atoms. The zero-order valence-electron chi connectivity index (χ0n) is 20.0. The first-order valence-electron chi connectivity index (χ1n) is 11.7. The predicted molar refractivity (Wildman–Crippen MR) is 118 cm³/mol. The van der Waals surface area contributed by atoms with Crippen LogP contribution in [0.3, 0.4) is 0 Å². The van der Waals surface area contributed by atoms with Crippen LogP contribution < -0.4 is 0 Å². The first kappa shape index (κ1) is 24.4. The van der Waals surface area contributed by atoms with Gasteiger partial charge >= 0.3 is 12.3 Å². The summed E-state index contributed by atoms with van der Waals surface area (Å²) < 4.78 is 19.8. The van der Waals surface area contributed by atoms with E-state index in [0.29, 0.717) is 6.42 Å². The molecule has 0 aromatic carbocycles. The van der Waals surface area contributed by atoms with E-state index in [4.69, 9.17) is 14.2 Å². The molecular weight excluding hydrogens is 444 g/mol. The van der Waals surface area contributed by atoms with Gasteiger partial charge in [-0.2, -0.15) is 0 Å². The smallest absolute Gasteiger partial charge is 0.438 e. The van der Waals surface area contributed by atoms with Crippen molar-refractivity contribution in [2.75, 3.05) is 20.8 Å². The molecular formula is C25H32O9. The molecule has 9 nitrogen and oxygen atoms in total. The Morgan fingerprint density at radius 2 is 1.82 bits per heavy atom. The second-order valence-electron chi connectivity index (χ2n) is 10.3. The van der Waals surface area contributed by atoms with Crippen LogP contribution in [0, 0.1) is 28.6 Å². The van der Waals surface area contributed by atoms with Gasteiger partial charge in [0.15, 0.2) is 18.0 Å². The van der Waals surface area contributed by atoms with E-state index in [9.17, 15) is 24.3 Å². The first-order chi connectivity index (χ1) is 16.0. The minimum atomic E-state index is -1.61. The Labute approximate surface area is 198 Å². The van der Waals surface area contributed by atoms with Crippen LogP contribution in [0.15, 0.2) is 23.8 Å². The molecule has 3 fully saturated rings. The predicted octanol–water partition coefficient (Wildman–Crippen LogP) is 3.14. The van der Waals surface area contributed by atoms with Gasteiger partial charge in [0, 0.05) is 16.7 Å². The highest BCUT2D eigenvalue weighted by Crippen LogP contribution is 2.67. The Hall–Kier alpha value is -2.68. The van der Waals surface area contributed by atoms with E-state index >= 15 is 0 Å². The summed E-state index contributed by atoms with van der Waals surface area (Å²) in [4.78, 5) is 49.3. The van der Waals surface area contributed by atoms with Crippen LogP contribution >= 0.6 is 0 Å². The average molecular weight is 477 g/mol. The zero-order chi connectivity index (χ0) is 24.9. The van der Waals surface area contributed by atoms with E-state index in [1.807, 2.05) is 13.0 Å². The third-order valence-corrected chi connectivity index (χ3v) is 8.98. The number of methoxy groups -OCH3 is 2. The van der Waals surface area contributed by atoms with Gasteiger partial charge in [-0.25, -0.2) is 9.59 Å². The molecule has 0 radical (unpaired) electrons. The molecule has 34 heavy (non-hydrogen) atoms. The number of hydrogen-bond donors (Lipinski definition) is 1. The minimum absolute atomic E-state index is 0.0305. The highest BCUT2D eigenvalue weighted by molar-refractivity contribution is 6.01. The molecule has 9 heteroatoms. The van der Waals surface area contributed by atoms with Gasteiger partial charge in [0.2, 0.25) is 5.78 Å². The van der Waals surface area contributed by atoms with Crippen LogP contribution in [0.1, 0.15) is 46.0 Å². The maximum atomic E-state index is 13.5. The van der Waals surface area contributed by atoms with Crippen LogP contribution in [0.25, 0.3) is 0 Å². The topological polar surface area (TPSA) is 125 Å². The van der Waals surface area contributed by atoms with Crippen molar-refractivity contribution in [1.29, 1.82) is 0 Å². The van der Waals surface area contributed by atoms with Crippen LogP contribution in [0.2, 0.25) is 0 Å². The van der Waals surface area contributed by atoms with Gasteiger partial charge in [-0.15, -0.1) is 0 Å². The number of Topliss-reactive ketones (excluding diaryl/α,β-unsaturated/α-hetero) is 1. The normalized spacial score (nSPS) is 40.3. The molecule has 7 atom stereocenters. The van der Waals surface area contributed by atoms with Crippen LogP contribution in [0.5, 0.6) is 0 Å². The molecule has 1 N–H and O–H groups in total. The Kier molecular flexibility index (Phi) is 6.12. The fourth-order valence-corrected chi connectivity index (χ4v) is 7.48. The van der Waals surface area contributed by atoms with E-state index in [2.05, 4.69) is 11.7 Å². The maximum absolute atomic E-state index is 13.5. The lowest BCUT2D eigenvalue weighted by molar-refractivity contribution is -0.183. The van der Waals surface area contributed by atoms with Crippen molar-refractivity contribution in [1.82, 2.24) is 0 Å². The number of aliphatic hydroxyl groups is 1. The van der Waals surface area contributed by atoms with Gasteiger partial charge in [0.05, 0.1) is 20.3 Å². The van der Waals surface area contributed by atoms with E-state index in [-0.39, 0.29) is 36.4 Å². The second-order valence-corrected chi connectivity index (χ2v) is 10.3. The number of hydrogen-bond acceptors (Lipinski definition) is 9. The summed E-state index contributed by atoms with van der Waals surface area (Å²) in [6, 6.07) is 0. The SMILES string of the molecule is COC(=O)OCC(=O)[C@@]1(OC(=O)OC)CC[C@H]2[C@@H]3CCC4=CC(=O)C=C[C@]4(C)[C@H]3C(O)C[C@@]21C. The van der Waals surface area contributed by atoms with Crippen LogP contribution in [0.4, 0.5) is 9.59 Å². The molecule has 0 amide bonds. The molecule has 4 aliphatic carbocycles. The molecule has 4 aliphatic rings. The summed E-state index contributed by atoms with van der Waals surface area (Å²) >= 11 is 0. The standard InChI is InChI=1S/C25H32O9/c1-23-9-7-15(26)11-14(23)5-6-16-17-8-10-25(34-22(30)32-4,19(28)13-33-21(29)31-3)24(17,2)12-18(27)20(16)23/h7,9,11,16-18,20,27H,5-6,8,10,12-13H2,1-4H3/t16-,17-,18?,20+,23-,24-,25-/m0/s1. The van der Waals surface area contributed by atoms with E-state index in [1.165, 1.54) is 7.11 Å². The Bertz CT molecular complexity index is 967. The highest BCUT2D eigenvalue weighted by atomic mass is 16.7. The van der Waals surface area contributed by atoms with E-state index in [0.717, 1.165) is 25.5 Å². The van der Waals surface area contributed by atoms with Crippen molar-refractivity contribution in [2.45, 2.75) is 57.7 Å². The lowest BCUT2D eigenvalue weighted by atomic mass is 9.46. The quantitative estimate of drug-likeness (QED) is 0.609. The molecule has 0 aromatic heterocycles. The summed E-state index contributed by atoms with van der Waals surface area (Å²) in [6.45, 7) is 3.32. The lowest BCUT2D eigenvalue weighted by Gasteiger charge is -2.59. The summed E-state index contributed by atoms with van der Waals surface area (Å²) in [7, 11) is 2.30. The molecule has 0 heterocycles. The molecule has 4 rings (SSSR count). The summed E-state index contributed by atoms with van der Waals surface area (Å²) in [5.41, 5.74) is -1.93. The van der Waals surface area contributed by atoms with Crippen molar-refractivity contribution >= 4 is 23.9 Å². The number of allylic oxidation sites excluding steroid dienone is 4. The van der Waals surface area contributed by atoms with Crippen molar-refractivity contribution in [3.63, 3.8) is 0 Å². The largest absolute Gasteiger partial charge is 0.509 e. The Morgan fingerprint density at radius 1 is 1.12 bits per heavy atom. The second kappa shape index (κ2) is 8.52. The lowest BCUT2D eigenvalue weighted by Crippen LogP contribution is -2.63. The molecule has 3 saturated carbocycles.